The Hall–Kier alpha value is -2.74. The summed E-state index contributed by atoms with van der Waals surface area (Å²) in [6.07, 6.45) is 4.09. The number of anilines is 1. The fourth-order valence-corrected chi connectivity index (χ4v) is 5.77. The van der Waals surface area contributed by atoms with Crippen LogP contribution in [0.15, 0.2) is 30.3 Å². The monoisotopic (exact) mass is 425 g/mol. The van der Waals surface area contributed by atoms with Gasteiger partial charge in [-0.1, -0.05) is 29.5 Å². The van der Waals surface area contributed by atoms with Crippen LogP contribution in [0.25, 0.3) is 0 Å². The van der Waals surface area contributed by atoms with Gasteiger partial charge in [0.1, 0.15) is 5.75 Å². The third-order valence-electron chi connectivity index (χ3n) is 6.22. The Kier molecular flexibility index (Phi) is 5.02. The summed E-state index contributed by atoms with van der Waals surface area (Å²) in [5.74, 6) is 0.606. The second-order valence-corrected chi connectivity index (χ2v) is 9.30. The second kappa shape index (κ2) is 7.83. The van der Waals surface area contributed by atoms with Gasteiger partial charge in [-0.25, -0.2) is 4.98 Å². The van der Waals surface area contributed by atoms with Gasteiger partial charge in [-0.05, 0) is 37.3 Å². The lowest BCUT2D eigenvalue weighted by Crippen LogP contribution is -2.43. The topological polar surface area (TPSA) is 88.6 Å². The van der Waals surface area contributed by atoms with E-state index in [-0.39, 0.29) is 36.5 Å². The van der Waals surface area contributed by atoms with Crippen molar-refractivity contribution in [2.45, 2.75) is 38.1 Å². The van der Waals surface area contributed by atoms with Crippen LogP contribution in [0.1, 0.15) is 41.0 Å². The number of likely N-dealkylation sites (tertiary alicyclic amines) is 1. The molecule has 1 N–H and O–H groups in total. The predicted octanol–water partition coefficient (Wildman–Crippen LogP) is 2.92. The smallest absolute Gasteiger partial charge is 0.264 e. The van der Waals surface area contributed by atoms with Crippen LogP contribution in [-0.2, 0) is 16.0 Å². The normalized spacial score (nSPS) is 24.6. The lowest BCUT2D eigenvalue weighted by atomic mass is 9.88. The highest BCUT2D eigenvalue weighted by atomic mass is 32.1. The van der Waals surface area contributed by atoms with E-state index < -0.39 is 0 Å². The molecule has 0 unspecified atom stereocenters. The molecule has 1 aromatic carbocycles. The molecule has 1 aromatic heterocycles. The summed E-state index contributed by atoms with van der Waals surface area (Å²) in [6, 6.07) is 9.44. The summed E-state index contributed by atoms with van der Waals surface area (Å²) in [7, 11) is 0. The van der Waals surface area contributed by atoms with Gasteiger partial charge in [-0.15, -0.1) is 0 Å². The minimum Gasteiger partial charge on any atom is -0.484 e. The van der Waals surface area contributed by atoms with E-state index >= 15 is 0 Å². The van der Waals surface area contributed by atoms with E-state index in [1.807, 2.05) is 23.1 Å². The molecule has 0 radical (unpaired) electrons. The third-order valence-corrected chi connectivity index (χ3v) is 7.28. The van der Waals surface area contributed by atoms with Crippen LogP contribution in [0.2, 0.25) is 0 Å². The second-order valence-electron chi connectivity index (χ2n) is 8.30. The highest BCUT2D eigenvalue weighted by molar-refractivity contribution is 7.17. The number of para-hydroxylation sites is 1. The predicted molar refractivity (Wildman–Crippen MR) is 112 cm³/mol. The number of rotatable bonds is 5. The Morgan fingerprint density at radius 1 is 1.20 bits per heavy atom. The van der Waals surface area contributed by atoms with Gasteiger partial charge in [0.25, 0.3) is 5.91 Å². The first-order valence-corrected chi connectivity index (χ1v) is 11.2. The molecular weight excluding hydrogens is 402 g/mol. The first-order chi connectivity index (χ1) is 14.6. The van der Waals surface area contributed by atoms with Crippen molar-refractivity contribution in [2.24, 2.45) is 11.8 Å². The first-order valence-electron chi connectivity index (χ1n) is 10.4. The summed E-state index contributed by atoms with van der Waals surface area (Å²) in [4.78, 5) is 44.8. The number of hydrogen-bond donors (Lipinski definition) is 1. The number of nitrogens with zero attached hydrogens (tertiary/aromatic N) is 2. The van der Waals surface area contributed by atoms with Crippen molar-refractivity contribution in [3.8, 4) is 5.75 Å². The van der Waals surface area contributed by atoms with Gasteiger partial charge in [0.15, 0.2) is 17.5 Å². The Morgan fingerprint density at radius 3 is 2.77 bits per heavy atom. The summed E-state index contributed by atoms with van der Waals surface area (Å²) in [5, 5.41) is 3.09. The van der Waals surface area contributed by atoms with E-state index in [4.69, 9.17) is 4.74 Å². The maximum absolute atomic E-state index is 13.0. The highest BCUT2D eigenvalue weighted by Crippen LogP contribution is 2.40. The number of fused-ring (bicyclic) bond motifs is 3. The number of thiazole rings is 1. The van der Waals surface area contributed by atoms with Crippen LogP contribution in [0.5, 0.6) is 5.75 Å². The van der Waals surface area contributed by atoms with E-state index in [1.54, 1.807) is 12.1 Å². The molecule has 2 amide bonds. The third kappa shape index (κ3) is 3.71. The SMILES string of the molecule is O=C(COc1ccccc1)Nc1nc2c(s1)C(=O)C[C@H](C(=O)N1C[C@H]3CC[C@@H]1C3)C2. The van der Waals surface area contributed by atoms with Gasteiger partial charge in [-0.3, -0.25) is 19.7 Å². The van der Waals surface area contributed by atoms with Crippen molar-refractivity contribution in [3.05, 3.63) is 40.9 Å². The Labute approximate surface area is 178 Å². The molecule has 3 atom stereocenters. The van der Waals surface area contributed by atoms with Crippen LogP contribution in [0.3, 0.4) is 0 Å². The number of piperidine rings is 1. The molecule has 1 saturated carbocycles. The molecular formula is C22H23N3O4S. The summed E-state index contributed by atoms with van der Waals surface area (Å²) in [6.45, 7) is 0.696. The zero-order chi connectivity index (χ0) is 20.7. The average Bonchev–Trinajstić information content (AvgIpc) is 3.48. The number of aromatic nitrogens is 1. The molecule has 5 rings (SSSR count). The molecule has 7 nitrogen and oxygen atoms in total. The van der Waals surface area contributed by atoms with Gasteiger partial charge in [-0.2, -0.15) is 0 Å². The largest absolute Gasteiger partial charge is 0.484 e. The number of carbonyl (C=O) groups excluding carboxylic acids is 3. The van der Waals surface area contributed by atoms with Crippen LogP contribution in [-0.4, -0.2) is 46.7 Å². The van der Waals surface area contributed by atoms with E-state index in [0.29, 0.717) is 39.8 Å². The molecule has 3 aliphatic rings. The van der Waals surface area contributed by atoms with E-state index in [2.05, 4.69) is 10.3 Å². The Balaban J connectivity index is 1.22. The van der Waals surface area contributed by atoms with Crippen molar-refractivity contribution in [2.75, 3.05) is 18.5 Å². The number of benzene rings is 1. The molecule has 1 saturated heterocycles. The molecule has 2 aromatic rings. The van der Waals surface area contributed by atoms with Gasteiger partial charge < -0.3 is 9.64 Å². The summed E-state index contributed by atoms with van der Waals surface area (Å²) >= 11 is 1.18. The number of amides is 2. The van der Waals surface area contributed by atoms with Crippen LogP contribution in [0, 0.1) is 11.8 Å². The number of ketones is 1. The van der Waals surface area contributed by atoms with E-state index in [1.165, 1.54) is 17.8 Å². The minimum atomic E-state index is -0.337. The lowest BCUT2D eigenvalue weighted by molar-refractivity contribution is -0.137. The number of Topliss-reactive ketones (excluding diaryl/α,β-unsaturated/α-hetero) is 1. The first kappa shape index (κ1) is 19.2. The van der Waals surface area contributed by atoms with Gasteiger partial charge in [0.05, 0.1) is 16.5 Å². The molecule has 8 heteroatoms. The van der Waals surface area contributed by atoms with Crippen LogP contribution >= 0.6 is 11.3 Å². The Bertz CT molecular complexity index is 990. The van der Waals surface area contributed by atoms with Gasteiger partial charge in [0.2, 0.25) is 5.91 Å². The van der Waals surface area contributed by atoms with Gasteiger partial charge >= 0.3 is 0 Å². The molecule has 156 valence electrons. The van der Waals surface area contributed by atoms with E-state index in [9.17, 15) is 14.4 Å². The Morgan fingerprint density at radius 2 is 2.03 bits per heavy atom. The van der Waals surface area contributed by atoms with Crippen molar-refractivity contribution in [1.82, 2.24) is 9.88 Å². The van der Waals surface area contributed by atoms with Crippen LogP contribution < -0.4 is 10.1 Å². The average molecular weight is 426 g/mol. The van der Waals surface area contributed by atoms with Gasteiger partial charge in [0, 0.05) is 25.4 Å². The molecule has 2 aliphatic carbocycles. The molecule has 2 heterocycles. The fourth-order valence-electron chi connectivity index (χ4n) is 4.81. The number of carbonyl (C=O) groups is 3. The quantitative estimate of drug-likeness (QED) is 0.796. The zero-order valence-electron chi connectivity index (χ0n) is 16.5. The number of nitrogens with one attached hydrogen (secondary N) is 1. The maximum Gasteiger partial charge on any atom is 0.264 e. The van der Waals surface area contributed by atoms with Crippen LogP contribution in [0.4, 0.5) is 5.13 Å². The standard InChI is InChI=1S/C22H23N3O4S/c26-18-10-14(21(28)25-11-13-6-7-15(25)8-13)9-17-20(18)30-22(23-17)24-19(27)12-29-16-4-2-1-3-5-16/h1-5,13-15H,6-12H2,(H,23,24,27)/t13-,14+,15+/m0/s1. The minimum absolute atomic E-state index is 0.0579. The number of hydrogen-bond acceptors (Lipinski definition) is 6. The van der Waals surface area contributed by atoms with Crippen molar-refractivity contribution in [3.63, 3.8) is 0 Å². The lowest BCUT2D eigenvalue weighted by Gasteiger charge is -2.31. The highest BCUT2D eigenvalue weighted by Gasteiger charge is 2.44. The number of ether oxygens (including phenoxy) is 1. The molecule has 30 heavy (non-hydrogen) atoms. The van der Waals surface area contributed by atoms with Crippen molar-refractivity contribution < 1.29 is 19.1 Å². The molecule has 0 spiro atoms. The molecule has 1 aliphatic heterocycles. The molecule has 2 bridgehead atoms. The summed E-state index contributed by atoms with van der Waals surface area (Å²) < 4.78 is 5.44. The van der Waals surface area contributed by atoms with E-state index in [0.717, 1.165) is 19.4 Å². The molecule has 2 fully saturated rings. The van der Waals surface area contributed by atoms with Crippen molar-refractivity contribution >= 4 is 34.1 Å². The fraction of sp³-hybridized carbons (Fsp3) is 0.455. The zero-order valence-corrected chi connectivity index (χ0v) is 17.3. The summed E-state index contributed by atoms with van der Waals surface area (Å²) in [5.41, 5.74) is 0.623. The maximum atomic E-state index is 13.0. The van der Waals surface area contributed by atoms with Crippen molar-refractivity contribution in [1.29, 1.82) is 0 Å².